The standard InChI is InChI=1S/C15H16BrN5O2S/c1-11-15(8-17-20(11)2)24(22,23)19-14-5-3-4-12(6-14)9-21-10-13(16)7-18-21/h3-8,10,19H,9H2,1-2H3. The van der Waals surface area contributed by atoms with E-state index in [1.165, 1.54) is 10.9 Å². The molecule has 2 heterocycles. The Hall–Kier alpha value is -2.13. The third-order valence-electron chi connectivity index (χ3n) is 3.61. The van der Waals surface area contributed by atoms with E-state index in [-0.39, 0.29) is 4.90 Å². The maximum Gasteiger partial charge on any atom is 0.265 e. The van der Waals surface area contributed by atoms with Gasteiger partial charge in [0.1, 0.15) is 4.90 Å². The highest BCUT2D eigenvalue weighted by Gasteiger charge is 2.20. The van der Waals surface area contributed by atoms with Crippen molar-refractivity contribution in [3.8, 4) is 0 Å². The minimum Gasteiger partial charge on any atom is -0.280 e. The summed E-state index contributed by atoms with van der Waals surface area (Å²) in [6, 6.07) is 7.23. The van der Waals surface area contributed by atoms with E-state index in [1.807, 2.05) is 18.3 Å². The van der Waals surface area contributed by atoms with E-state index in [4.69, 9.17) is 0 Å². The summed E-state index contributed by atoms with van der Waals surface area (Å²) < 4.78 is 31.8. The Morgan fingerprint density at radius 3 is 2.67 bits per heavy atom. The molecule has 0 radical (unpaired) electrons. The molecule has 0 aliphatic rings. The van der Waals surface area contributed by atoms with Gasteiger partial charge < -0.3 is 0 Å². The van der Waals surface area contributed by atoms with E-state index in [1.54, 1.807) is 37.0 Å². The molecule has 3 rings (SSSR count). The second kappa shape index (κ2) is 6.40. The molecule has 0 bridgehead atoms. The fourth-order valence-electron chi connectivity index (χ4n) is 2.30. The van der Waals surface area contributed by atoms with Crippen LogP contribution in [0.25, 0.3) is 0 Å². The lowest BCUT2D eigenvalue weighted by Crippen LogP contribution is -2.14. The SMILES string of the molecule is Cc1c(S(=O)(=O)Nc2cccc(Cn3cc(Br)cn3)c2)cnn1C. The minimum absolute atomic E-state index is 0.173. The van der Waals surface area contributed by atoms with Gasteiger partial charge >= 0.3 is 0 Å². The number of halogens is 1. The zero-order valence-electron chi connectivity index (χ0n) is 13.1. The van der Waals surface area contributed by atoms with E-state index in [9.17, 15) is 8.42 Å². The summed E-state index contributed by atoms with van der Waals surface area (Å²) in [5.41, 5.74) is 2.02. The van der Waals surface area contributed by atoms with Crippen LogP contribution in [-0.4, -0.2) is 28.0 Å². The highest BCUT2D eigenvalue weighted by atomic mass is 79.9. The summed E-state index contributed by atoms with van der Waals surface area (Å²) in [5.74, 6) is 0. The normalized spacial score (nSPS) is 11.6. The van der Waals surface area contributed by atoms with Crippen LogP contribution in [0.3, 0.4) is 0 Å². The van der Waals surface area contributed by atoms with Crippen molar-refractivity contribution >= 4 is 31.6 Å². The first-order valence-corrected chi connectivity index (χ1v) is 9.41. The zero-order chi connectivity index (χ0) is 17.3. The first kappa shape index (κ1) is 16.7. The molecular formula is C15H16BrN5O2S. The number of aromatic nitrogens is 4. The van der Waals surface area contributed by atoms with Gasteiger partial charge in [0.2, 0.25) is 0 Å². The predicted octanol–water partition coefficient (Wildman–Crippen LogP) is 2.54. The van der Waals surface area contributed by atoms with Crippen LogP contribution in [0.5, 0.6) is 0 Å². The van der Waals surface area contributed by atoms with Gasteiger partial charge in [-0.15, -0.1) is 0 Å². The lowest BCUT2D eigenvalue weighted by atomic mass is 10.2. The van der Waals surface area contributed by atoms with Gasteiger partial charge in [-0.05, 0) is 40.5 Å². The maximum atomic E-state index is 12.5. The average molecular weight is 410 g/mol. The molecular weight excluding hydrogens is 394 g/mol. The zero-order valence-corrected chi connectivity index (χ0v) is 15.5. The monoisotopic (exact) mass is 409 g/mol. The van der Waals surface area contributed by atoms with Crippen LogP contribution in [0.1, 0.15) is 11.3 Å². The van der Waals surface area contributed by atoms with Crippen molar-refractivity contribution in [2.75, 3.05) is 4.72 Å². The Kier molecular flexibility index (Phi) is 4.46. The minimum atomic E-state index is -3.67. The molecule has 1 N–H and O–H groups in total. The van der Waals surface area contributed by atoms with Crippen LogP contribution in [0.2, 0.25) is 0 Å². The van der Waals surface area contributed by atoms with Gasteiger partial charge in [0.05, 0.1) is 29.1 Å². The van der Waals surface area contributed by atoms with Crippen LogP contribution in [0, 0.1) is 6.92 Å². The van der Waals surface area contributed by atoms with Crippen molar-refractivity contribution in [1.82, 2.24) is 19.6 Å². The molecule has 24 heavy (non-hydrogen) atoms. The van der Waals surface area contributed by atoms with E-state index in [2.05, 4.69) is 30.8 Å². The summed E-state index contributed by atoms with van der Waals surface area (Å²) in [5, 5.41) is 8.18. The van der Waals surface area contributed by atoms with Crippen molar-refractivity contribution in [1.29, 1.82) is 0 Å². The Balaban J connectivity index is 1.83. The number of nitrogens with zero attached hydrogens (tertiary/aromatic N) is 4. The van der Waals surface area contributed by atoms with Gasteiger partial charge in [-0.2, -0.15) is 10.2 Å². The second-order valence-electron chi connectivity index (χ2n) is 5.38. The van der Waals surface area contributed by atoms with Crippen LogP contribution >= 0.6 is 15.9 Å². The molecule has 0 aliphatic carbocycles. The molecule has 0 amide bonds. The number of aryl methyl sites for hydroxylation is 1. The largest absolute Gasteiger partial charge is 0.280 e. The van der Waals surface area contributed by atoms with E-state index in [0.717, 1.165) is 10.0 Å². The number of anilines is 1. The molecule has 0 saturated carbocycles. The number of nitrogens with one attached hydrogen (secondary N) is 1. The number of rotatable bonds is 5. The molecule has 3 aromatic rings. The number of hydrogen-bond donors (Lipinski definition) is 1. The van der Waals surface area contributed by atoms with E-state index < -0.39 is 10.0 Å². The Morgan fingerprint density at radius 1 is 1.25 bits per heavy atom. The van der Waals surface area contributed by atoms with Gasteiger partial charge in [-0.25, -0.2) is 8.42 Å². The number of hydrogen-bond acceptors (Lipinski definition) is 4. The highest BCUT2D eigenvalue weighted by molar-refractivity contribution is 9.10. The number of benzene rings is 1. The van der Waals surface area contributed by atoms with Gasteiger partial charge in [0.25, 0.3) is 10.0 Å². The fraction of sp³-hybridized carbons (Fsp3) is 0.200. The molecule has 0 spiro atoms. The lowest BCUT2D eigenvalue weighted by molar-refractivity contribution is 0.600. The number of sulfonamides is 1. The summed E-state index contributed by atoms with van der Waals surface area (Å²) in [7, 11) is -1.97. The van der Waals surface area contributed by atoms with Gasteiger partial charge in [-0.3, -0.25) is 14.1 Å². The molecule has 9 heteroatoms. The first-order valence-electron chi connectivity index (χ1n) is 7.13. The van der Waals surface area contributed by atoms with Crippen molar-refractivity contribution in [3.63, 3.8) is 0 Å². The van der Waals surface area contributed by atoms with Crippen LogP contribution in [0.4, 0.5) is 5.69 Å². The average Bonchev–Trinajstić information content (AvgIpc) is 3.06. The molecule has 0 aliphatic heterocycles. The summed E-state index contributed by atoms with van der Waals surface area (Å²) >= 11 is 3.35. The lowest BCUT2D eigenvalue weighted by Gasteiger charge is -2.09. The van der Waals surface area contributed by atoms with Crippen molar-refractivity contribution < 1.29 is 8.42 Å². The predicted molar refractivity (Wildman–Crippen MR) is 94.2 cm³/mol. The Morgan fingerprint density at radius 2 is 2.04 bits per heavy atom. The van der Waals surface area contributed by atoms with Gasteiger partial charge in [-0.1, -0.05) is 12.1 Å². The molecule has 0 unspecified atom stereocenters. The molecule has 2 aromatic heterocycles. The Bertz CT molecular complexity index is 977. The fourth-order valence-corrected chi connectivity index (χ4v) is 3.88. The molecule has 126 valence electrons. The molecule has 0 fully saturated rings. The van der Waals surface area contributed by atoms with Crippen LogP contribution in [0.15, 0.2) is 52.2 Å². The smallest absolute Gasteiger partial charge is 0.265 e. The van der Waals surface area contributed by atoms with Crippen LogP contribution < -0.4 is 4.72 Å². The third-order valence-corrected chi connectivity index (χ3v) is 5.50. The van der Waals surface area contributed by atoms with Crippen LogP contribution in [-0.2, 0) is 23.6 Å². The van der Waals surface area contributed by atoms with Gasteiger partial charge in [0.15, 0.2) is 0 Å². The maximum absolute atomic E-state index is 12.5. The highest BCUT2D eigenvalue weighted by Crippen LogP contribution is 2.20. The van der Waals surface area contributed by atoms with E-state index in [0.29, 0.717) is 17.9 Å². The van der Waals surface area contributed by atoms with Crippen molar-refractivity contribution in [2.24, 2.45) is 7.05 Å². The summed E-state index contributed by atoms with van der Waals surface area (Å²) in [4.78, 5) is 0.173. The van der Waals surface area contributed by atoms with Gasteiger partial charge in [0, 0.05) is 18.9 Å². The van der Waals surface area contributed by atoms with Crippen molar-refractivity contribution in [2.45, 2.75) is 18.4 Å². The molecule has 0 atom stereocenters. The topological polar surface area (TPSA) is 81.8 Å². The molecule has 0 saturated heterocycles. The summed E-state index contributed by atoms with van der Waals surface area (Å²) in [6.45, 7) is 2.26. The Labute approximate surface area is 148 Å². The second-order valence-corrected chi connectivity index (χ2v) is 7.95. The summed E-state index contributed by atoms with van der Waals surface area (Å²) in [6.07, 6.45) is 4.91. The van der Waals surface area contributed by atoms with E-state index >= 15 is 0 Å². The quantitative estimate of drug-likeness (QED) is 0.701. The first-order chi connectivity index (χ1) is 11.3. The molecule has 7 nitrogen and oxygen atoms in total. The molecule has 1 aromatic carbocycles. The van der Waals surface area contributed by atoms with Crippen molar-refractivity contribution in [3.05, 3.63) is 58.6 Å². The third kappa shape index (κ3) is 3.51.